The van der Waals surface area contributed by atoms with Crippen LogP contribution < -0.4 is 10.5 Å². The Morgan fingerprint density at radius 3 is 2.36 bits per heavy atom. The lowest BCUT2D eigenvalue weighted by molar-refractivity contribution is -0.435. The van der Waals surface area contributed by atoms with Crippen LogP contribution >= 0.6 is 11.6 Å². The molecule has 241 valence electrons. The maximum Gasteiger partial charge on any atom is 0.338 e. The van der Waals surface area contributed by atoms with Gasteiger partial charge in [0.15, 0.2) is 10.9 Å². The summed E-state index contributed by atoms with van der Waals surface area (Å²) in [4.78, 5) is 11.7. The van der Waals surface area contributed by atoms with Crippen LogP contribution in [0.3, 0.4) is 0 Å². The Morgan fingerprint density at radius 1 is 1.07 bits per heavy atom. The number of hydrogen-bond acceptors (Lipinski definition) is 9. The summed E-state index contributed by atoms with van der Waals surface area (Å²) in [6.07, 6.45) is 8.32. The molecule has 14 heteroatoms. The van der Waals surface area contributed by atoms with E-state index in [9.17, 15) is 10.1 Å². The molecule has 2 aliphatic heterocycles. The highest BCUT2D eigenvalue weighted by Crippen LogP contribution is 2.39. The summed E-state index contributed by atoms with van der Waals surface area (Å²) in [6, 6.07) is 2.13. The van der Waals surface area contributed by atoms with Gasteiger partial charge in [-0.25, -0.2) is 14.0 Å². The first-order valence-electron chi connectivity index (χ1n) is 15.9. The van der Waals surface area contributed by atoms with Crippen molar-refractivity contribution in [1.29, 1.82) is 0 Å². The van der Waals surface area contributed by atoms with Crippen LogP contribution in [0.15, 0.2) is 35.0 Å². The fourth-order valence-corrected chi connectivity index (χ4v) is 6.40. The summed E-state index contributed by atoms with van der Waals surface area (Å²) < 4.78 is 5.45. The Morgan fingerprint density at radius 2 is 1.80 bits per heavy atom. The van der Waals surface area contributed by atoms with Crippen LogP contribution in [0.25, 0.3) is 11.4 Å². The average Bonchev–Trinajstić information content (AvgIpc) is 3.81. The molecule has 5 rings (SSSR count). The molecule has 3 aromatic rings. The molecule has 0 fully saturated rings. The molecule has 3 aromatic heterocycles. The summed E-state index contributed by atoms with van der Waals surface area (Å²) in [5, 5.41) is 35.7. The molecule has 0 saturated heterocycles. The maximum absolute atomic E-state index is 12.1. The molecule has 1 unspecified atom stereocenters. The predicted molar refractivity (Wildman–Crippen MR) is 175 cm³/mol. The molecular weight excluding hydrogens is 594 g/mol. The van der Waals surface area contributed by atoms with Crippen molar-refractivity contribution in [2.45, 2.75) is 107 Å². The molecule has 0 amide bonds. The number of halogens is 1. The SMILES string of the molecule is CCCc1cc(CC)n(-c2c(C)nn(C3=C(CC)[N+](N4NC([N+](=O)[O-])=CC4(C)n4cc(CC)c(CC)n4)N=C3C(C)C)c2Cl)n1. The van der Waals surface area contributed by atoms with E-state index in [0.29, 0.717) is 11.6 Å². The van der Waals surface area contributed by atoms with Gasteiger partial charge in [-0.3, -0.25) is 0 Å². The monoisotopic (exact) mass is 637 g/mol. The summed E-state index contributed by atoms with van der Waals surface area (Å²) >= 11 is 7.22. The van der Waals surface area contributed by atoms with Gasteiger partial charge in [0.25, 0.3) is 0 Å². The Labute approximate surface area is 269 Å². The Hall–Kier alpha value is -3.81. The number of hydrazine groups is 2. The van der Waals surface area contributed by atoms with E-state index in [1.165, 1.54) is 0 Å². The van der Waals surface area contributed by atoms with Gasteiger partial charge in [0, 0.05) is 29.3 Å². The first-order chi connectivity index (χ1) is 21.4. The van der Waals surface area contributed by atoms with Crippen LogP contribution in [0, 0.1) is 23.0 Å². The van der Waals surface area contributed by atoms with Gasteiger partial charge in [0.1, 0.15) is 21.6 Å². The van der Waals surface area contributed by atoms with E-state index >= 15 is 0 Å². The molecule has 2 aliphatic rings. The van der Waals surface area contributed by atoms with E-state index in [0.717, 1.165) is 83.2 Å². The molecule has 13 nitrogen and oxygen atoms in total. The molecule has 1 atom stereocenters. The zero-order valence-electron chi connectivity index (χ0n) is 27.7. The van der Waals surface area contributed by atoms with E-state index in [-0.39, 0.29) is 11.7 Å². The van der Waals surface area contributed by atoms with E-state index in [4.69, 9.17) is 32.0 Å². The van der Waals surface area contributed by atoms with Crippen molar-refractivity contribution >= 4 is 23.0 Å². The first kappa shape index (κ1) is 32.6. The standard InChI is InChI=1S/C31H44ClN11O2/c1-10-15-22-16-23(12-3)39(34-22)28-20(8)33-40(30(28)32)29-25(14-5)41(37-27(29)19(6)7)43-31(9,17-26(36-43)42(44)45)38-18-21(11-2)24(13-4)35-38/h16-19,36H,10-15H2,1-9H3/q+1. The van der Waals surface area contributed by atoms with Crippen LogP contribution in [-0.4, -0.2) is 45.1 Å². The van der Waals surface area contributed by atoms with Crippen molar-refractivity contribution < 1.29 is 4.92 Å². The van der Waals surface area contributed by atoms with Crippen LogP contribution in [0.4, 0.5) is 0 Å². The Kier molecular flexibility index (Phi) is 9.07. The van der Waals surface area contributed by atoms with Crippen molar-refractivity contribution in [3.05, 3.63) is 73.5 Å². The number of nitrogens with zero attached hydrogens (tertiary/aromatic N) is 10. The molecule has 0 aromatic carbocycles. The summed E-state index contributed by atoms with van der Waals surface area (Å²) in [5.41, 5.74) is 9.82. The van der Waals surface area contributed by atoms with E-state index in [1.807, 2.05) is 31.6 Å². The Bertz CT molecular complexity index is 1690. The Balaban J connectivity index is 1.67. The number of nitro groups is 1. The molecule has 0 aliphatic carbocycles. The minimum Gasteiger partial charge on any atom is -0.358 e. The molecule has 1 radical (unpaired) electrons. The topological polar surface area (TPSA) is 130 Å². The number of rotatable bonds is 12. The maximum atomic E-state index is 12.1. The molecule has 45 heavy (non-hydrogen) atoms. The zero-order chi connectivity index (χ0) is 32.8. The molecular formula is C31H44ClN11O2+. The lowest BCUT2D eigenvalue weighted by Gasteiger charge is -2.26. The third-order valence-electron chi connectivity index (χ3n) is 8.44. The number of aromatic nitrogens is 6. The first-order valence-corrected chi connectivity index (χ1v) is 16.3. The molecule has 5 heterocycles. The lowest BCUT2D eigenvalue weighted by Crippen LogP contribution is -2.58. The van der Waals surface area contributed by atoms with Crippen LogP contribution in [-0.2, 0) is 31.3 Å². The van der Waals surface area contributed by atoms with Crippen molar-refractivity contribution in [1.82, 2.24) is 45.0 Å². The highest BCUT2D eigenvalue weighted by molar-refractivity contribution is 6.33. The fourth-order valence-electron chi connectivity index (χ4n) is 6.06. The van der Waals surface area contributed by atoms with E-state index in [1.54, 1.807) is 25.7 Å². The largest absolute Gasteiger partial charge is 0.358 e. The molecule has 0 bridgehead atoms. The molecule has 0 saturated carbocycles. The van der Waals surface area contributed by atoms with Crippen molar-refractivity contribution in [2.75, 3.05) is 0 Å². The second-order valence-electron chi connectivity index (χ2n) is 11.9. The van der Waals surface area contributed by atoms with Gasteiger partial charge in [0.05, 0.1) is 23.2 Å². The van der Waals surface area contributed by atoms with Gasteiger partial charge in [-0.05, 0) is 56.1 Å². The molecule has 1 N–H and O–H groups in total. The van der Waals surface area contributed by atoms with Crippen LogP contribution in [0.5, 0.6) is 0 Å². The van der Waals surface area contributed by atoms with Gasteiger partial charge in [-0.1, -0.05) is 66.5 Å². The van der Waals surface area contributed by atoms with Gasteiger partial charge in [-0.2, -0.15) is 15.3 Å². The summed E-state index contributed by atoms with van der Waals surface area (Å²) in [6.45, 7) is 18.4. The quantitative estimate of drug-likeness (QED) is 0.150. The zero-order valence-corrected chi connectivity index (χ0v) is 28.5. The minimum atomic E-state index is -1.09. The highest BCUT2D eigenvalue weighted by Gasteiger charge is 2.59. The smallest absolute Gasteiger partial charge is 0.338 e. The van der Waals surface area contributed by atoms with E-state index in [2.05, 4.69) is 53.0 Å². The summed E-state index contributed by atoms with van der Waals surface area (Å²) in [5.74, 6) is -0.166. The van der Waals surface area contributed by atoms with Gasteiger partial charge >= 0.3 is 5.82 Å². The number of hydrogen-bond donors (Lipinski definition) is 1. The van der Waals surface area contributed by atoms with Gasteiger partial charge < -0.3 is 10.1 Å². The van der Waals surface area contributed by atoms with Crippen LogP contribution in [0.2, 0.25) is 5.15 Å². The number of nitrogens with one attached hydrogen (secondary N) is 1. The van der Waals surface area contributed by atoms with Crippen LogP contribution in [0.1, 0.15) is 96.6 Å². The van der Waals surface area contributed by atoms with Crippen molar-refractivity contribution in [2.24, 2.45) is 11.0 Å². The van der Waals surface area contributed by atoms with Gasteiger partial charge in [0.2, 0.25) is 11.4 Å². The fraction of sp³-hybridized carbons (Fsp3) is 0.548. The predicted octanol–water partition coefficient (Wildman–Crippen LogP) is 5.84. The highest BCUT2D eigenvalue weighted by atomic mass is 35.5. The minimum absolute atomic E-state index is 0.0115. The van der Waals surface area contributed by atoms with Crippen molar-refractivity contribution in [3.63, 3.8) is 0 Å². The third kappa shape index (κ3) is 5.40. The number of aryl methyl sites for hydroxylation is 5. The normalized spacial score (nSPS) is 19.2. The number of hydrazone groups is 1. The number of allylic oxidation sites excluding steroid dienone is 2. The summed E-state index contributed by atoms with van der Waals surface area (Å²) in [7, 11) is 0. The van der Waals surface area contributed by atoms with E-state index < -0.39 is 10.6 Å². The lowest BCUT2D eigenvalue weighted by atomic mass is 10.0. The second-order valence-corrected chi connectivity index (χ2v) is 12.3. The van der Waals surface area contributed by atoms with Gasteiger partial charge in [-0.15, -0.1) is 5.43 Å². The average molecular weight is 638 g/mol. The third-order valence-corrected chi connectivity index (χ3v) is 8.78. The van der Waals surface area contributed by atoms with Crippen molar-refractivity contribution in [3.8, 4) is 5.69 Å². The molecule has 0 spiro atoms. The second kappa shape index (κ2) is 12.5.